The van der Waals surface area contributed by atoms with Crippen molar-refractivity contribution in [1.29, 1.82) is 0 Å². The van der Waals surface area contributed by atoms with E-state index in [0.29, 0.717) is 5.41 Å². The topological polar surface area (TPSA) is 29.5 Å². The van der Waals surface area contributed by atoms with Crippen molar-refractivity contribution in [2.45, 2.75) is 6.92 Å². The number of carbonyl (C=O) groups is 1. The number of hydrogen-bond acceptors (Lipinski definition) is 2. The Morgan fingerprint density at radius 2 is 1.88 bits per heavy atom. The summed E-state index contributed by atoms with van der Waals surface area (Å²) in [6.45, 7) is 5.40. The smallest absolute Gasteiger partial charge is 0.253 e. The van der Waals surface area contributed by atoms with E-state index in [-0.39, 0.29) is 5.91 Å². The maximum atomic E-state index is 12.1. The van der Waals surface area contributed by atoms with Crippen LogP contribution in [-0.4, -0.2) is 37.1 Å². The number of likely N-dealkylation sites (tertiary alicyclic amines) is 1. The molecule has 1 spiro atoms. The van der Waals surface area contributed by atoms with Crippen molar-refractivity contribution in [3.8, 4) is 0 Å². The van der Waals surface area contributed by atoms with Crippen molar-refractivity contribution in [2.75, 3.05) is 26.3 Å². The van der Waals surface area contributed by atoms with Crippen LogP contribution in [0.1, 0.15) is 15.9 Å². The molecule has 0 unspecified atom stereocenters. The van der Waals surface area contributed by atoms with Crippen LogP contribution in [0.15, 0.2) is 24.3 Å². The van der Waals surface area contributed by atoms with Gasteiger partial charge in [-0.2, -0.15) is 0 Å². The van der Waals surface area contributed by atoms with Gasteiger partial charge in [0.05, 0.1) is 18.6 Å². The first-order valence-corrected chi connectivity index (χ1v) is 5.62. The standard InChI is InChI=1S/C13H15NO2/c1-10-2-4-11(5-3-10)12(15)14-6-13(7-14)8-16-9-13/h2-5H,6-9H2,1H3. The quantitative estimate of drug-likeness (QED) is 0.713. The van der Waals surface area contributed by atoms with Gasteiger partial charge in [0.25, 0.3) is 5.91 Å². The SMILES string of the molecule is Cc1ccc(C(=O)N2CC3(COC3)C2)cc1. The van der Waals surface area contributed by atoms with Crippen LogP contribution in [0.2, 0.25) is 0 Å². The predicted molar refractivity (Wildman–Crippen MR) is 60.3 cm³/mol. The minimum absolute atomic E-state index is 0.150. The Labute approximate surface area is 95.0 Å². The van der Waals surface area contributed by atoms with E-state index in [1.54, 1.807) is 0 Å². The predicted octanol–water partition coefficient (Wildman–Crippen LogP) is 1.47. The fraction of sp³-hybridized carbons (Fsp3) is 0.462. The number of amides is 1. The summed E-state index contributed by atoms with van der Waals surface area (Å²) in [5.74, 6) is 0.150. The molecule has 0 N–H and O–H groups in total. The molecule has 0 radical (unpaired) electrons. The van der Waals surface area contributed by atoms with Gasteiger partial charge in [-0.15, -0.1) is 0 Å². The molecular formula is C13H15NO2. The maximum Gasteiger partial charge on any atom is 0.253 e. The Balaban J connectivity index is 1.68. The second kappa shape index (κ2) is 3.32. The zero-order valence-electron chi connectivity index (χ0n) is 9.40. The Hall–Kier alpha value is -1.35. The van der Waals surface area contributed by atoms with E-state index in [0.717, 1.165) is 31.9 Å². The largest absolute Gasteiger partial charge is 0.380 e. The Morgan fingerprint density at radius 3 is 2.38 bits per heavy atom. The molecule has 0 aromatic heterocycles. The van der Waals surface area contributed by atoms with Crippen LogP contribution in [0.3, 0.4) is 0 Å². The van der Waals surface area contributed by atoms with Crippen molar-refractivity contribution in [2.24, 2.45) is 5.41 Å². The molecule has 3 rings (SSSR count). The highest BCUT2D eigenvalue weighted by Gasteiger charge is 2.50. The first kappa shape index (κ1) is 9.85. The minimum atomic E-state index is 0.150. The Kier molecular flexibility index (Phi) is 2.04. The van der Waals surface area contributed by atoms with Gasteiger partial charge in [-0.05, 0) is 19.1 Å². The highest BCUT2D eigenvalue weighted by Crippen LogP contribution is 2.38. The Morgan fingerprint density at radius 1 is 1.25 bits per heavy atom. The third-order valence-electron chi connectivity index (χ3n) is 3.45. The number of carbonyl (C=O) groups excluding carboxylic acids is 1. The van der Waals surface area contributed by atoms with E-state index < -0.39 is 0 Å². The fourth-order valence-electron chi connectivity index (χ4n) is 2.36. The van der Waals surface area contributed by atoms with Crippen LogP contribution in [0.5, 0.6) is 0 Å². The van der Waals surface area contributed by atoms with E-state index in [2.05, 4.69) is 0 Å². The van der Waals surface area contributed by atoms with Crippen molar-refractivity contribution in [3.05, 3.63) is 35.4 Å². The molecule has 16 heavy (non-hydrogen) atoms. The van der Waals surface area contributed by atoms with Crippen LogP contribution in [0.4, 0.5) is 0 Å². The number of ether oxygens (including phenoxy) is 1. The van der Waals surface area contributed by atoms with Gasteiger partial charge in [0, 0.05) is 18.7 Å². The van der Waals surface area contributed by atoms with Crippen LogP contribution < -0.4 is 0 Å². The summed E-state index contributed by atoms with van der Waals surface area (Å²) < 4.78 is 5.19. The zero-order valence-corrected chi connectivity index (χ0v) is 9.40. The number of hydrogen-bond donors (Lipinski definition) is 0. The van der Waals surface area contributed by atoms with Gasteiger partial charge in [0.15, 0.2) is 0 Å². The molecule has 2 saturated heterocycles. The van der Waals surface area contributed by atoms with Crippen molar-refractivity contribution < 1.29 is 9.53 Å². The van der Waals surface area contributed by atoms with Crippen LogP contribution in [-0.2, 0) is 4.74 Å². The van der Waals surface area contributed by atoms with Crippen molar-refractivity contribution in [1.82, 2.24) is 4.90 Å². The van der Waals surface area contributed by atoms with E-state index in [4.69, 9.17) is 4.74 Å². The molecule has 2 heterocycles. The first-order valence-electron chi connectivity index (χ1n) is 5.62. The summed E-state index contributed by atoms with van der Waals surface area (Å²) in [6.07, 6.45) is 0. The third kappa shape index (κ3) is 1.43. The lowest BCUT2D eigenvalue weighted by atomic mass is 9.78. The summed E-state index contributed by atoms with van der Waals surface area (Å²) in [5, 5.41) is 0. The van der Waals surface area contributed by atoms with Crippen LogP contribution >= 0.6 is 0 Å². The van der Waals surface area contributed by atoms with Gasteiger partial charge in [0.2, 0.25) is 0 Å². The number of rotatable bonds is 1. The minimum Gasteiger partial charge on any atom is -0.380 e. The Bertz CT molecular complexity index is 412. The third-order valence-corrected chi connectivity index (χ3v) is 3.45. The highest BCUT2D eigenvalue weighted by molar-refractivity contribution is 5.94. The summed E-state index contributed by atoms with van der Waals surface area (Å²) in [6, 6.07) is 7.77. The highest BCUT2D eigenvalue weighted by atomic mass is 16.5. The number of nitrogens with zero attached hydrogens (tertiary/aromatic N) is 1. The van der Waals surface area contributed by atoms with E-state index in [9.17, 15) is 4.79 Å². The molecule has 0 aliphatic carbocycles. The van der Waals surface area contributed by atoms with Gasteiger partial charge in [-0.25, -0.2) is 0 Å². The van der Waals surface area contributed by atoms with E-state index >= 15 is 0 Å². The molecule has 1 amide bonds. The van der Waals surface area contributed by atoms with Crippen LogP contribution in [0, 0.1) is 12.3 Å². The lowest BCUT2D eigenvalue weighted by Crippen LogP contribution is -2.67. The van der Waals surface area contributed by atoms with Crippen molar-refractivity contribution >= 4 is 5.91 Å². The van der Waals surface area contributed by atoms with Gasteiger partial charge < -0.3 is 9.64 Å². The summed E-state index contributed by atoms with van der Waals surface area (Å²) >= 11 is 0. The molecule has 3 heteroatoms. The normalized spacial score (nSPS) is 21.4. The molecule has 3 nitrogen and oxygen atoms in total. The van der Waals surface area contributed by atoms with Crippen molar-refractivity contribution in [3.63, 3.8) is 0 Å². The molecule has 1 aromatic rings. The lowest BCUT2D eigenvalue weighted by Gasteiger charge is -2.54. The molecule has 84 valence electrons. The number of aryl methyl sites for hydroxylation is 1. The zero-order chi connectivity index (χ0) is 11.2. The first-order chi connectivity index (χ1) is 7.69. The van der Waals surface area contributed by atoms with E-state index in [1.165, 1.54) is 5.56 Å². The average molecular weight is 217 g/mol. The molecule has 2 aliphatic rings. The van der Waals surface area contributed by atoms with E-state index in [1.807, 2.05) is 36.1 Å². The summed E-state index contributed by atoms with van der Waals surface area (Å²) in [7, 11) is 0. The maximum absolute atomic E-state index is 12.1. The molecule has 2 fully saturated rings. The molecule has 1 aromatic carbocycles. The lowest BCUT2D eigenvalue weighted by molar-refractivity contribution is -0.176. The molecule has 2 aliphatic heterocycles. The number of benzene rings is 1. The van der Waals surface area contributed by atoms with Gasteiger partial charge in [-0.1, -0.05) is 17.7 Å². The average Bonchev–Trinajstić information content (AvgIpc) is 2.14. The van der Waals surface area contributed by atoms with Gasteiger partial charge in [-0.3, -0.25) is 4.79 Å². The van der Waals surface area contributed by atoms with Gasteiger partial charge >= 0.3 is 0 Å². The van der Waals surface area contributed by atoms with Crippen LogP contribution in [0.25, 0.3) is 0 Å². The molecule has 0 atom stereocenters. The van der Waals surface area contributed by atoms with Gasteiger partial charge in [0.1, 0.15) is 0 Å². The second-order valence-corrected chi connectivity index (χ2v) is 5.02. The molecule has 0 bridgehead atoms. The molecule has 0 saturated carbocycles. The fourth-order valence-corrected chi connectivity index (χ4v) is 2.36. The second-order valence-electron chi connectivity index (χ2n) is 5.02. The summed E-state index contributed by atoms with van der Waals surface area (Å²) in [5.41, 5.74) is 2.28. The summed E-state index contributed by atoms with van der Waals surface area (Å²) in [4.78, 5) is 14.0. The molecular weight excluding hydrogens is 202 g/mol. The monoisotopic (exact) mass is 217 g/mol.